The number of likely N-dealkylation sites (tertiary alicyclic amines) is 1. The highest BCUT2D eigenvalue weighted by atomic mass is 15.2. The van der Waals surface area contributed by atoms with E-state index in [0.29, 0.717) is 10.8 Å². The fraction of sp³-hybridized carbons (Fsp3) is 0.647. The van der Waals surface area contributed by atoms with Crippen molar-refractivity contribution in [2.24, 2.45) is 11.8 Å². The third kappa shape index (κ3) is 4.56. The molecule has 4 atom stereocenters. The summed E-state index contributed by atoms with van der Waals surface area (Å²) in [7, 11) is 0. The summed E-state index contributed by atoms with van der Waals surface area (Å²) in [6, 6.07) is 19.1. The van der Waals surface area contributed by atoms with Gasteiger partial charge < -0.3 is 20.0 Å². The van der Waals surface area contributed by atoms with Gasteiger partial charge in [-0.25, -0.2) is 0 Å². The Morgan fingerprint density at radius 2 is 1.21 bits per heavy atom. The van der Waals surface area contributed by atoms with Crippen LogP contribution in [0.25, 0.3) is 0 Å². The van der Waals surface area contributed by atoms with E-state index in [-0.39, 0.29) is 0 Å². The molecule has 38 heavy (non-hydrogen) atoms. The molecule has 2 aliphatic carbocycles. The Labute approximate surface area is 230 Å². The second-order valence-corrected chi connectivity index (χ2v) is 13.3. The van der Waals surface area contributed by atoms with E-state index in [9.17, 15) is 0 Å². The zero-order valence-electron chi connectivity index (χ0n) is 23.6. The predicted molar refractivity (Wildman–Crippen MR) is 160 cm³/mol. The first-order valence-electron chi connectivity index (χ1n) is 15.8. The summed E-state index contributed by atoms with van der Waals surface area (Å²) in [5, 5.41) is 3.53. The maximum atomic E-state index is 3.53. The van der Waals surface area contributed by atoms with Gasteiger partial charge >= 0.3 is 0 Å². The van der Waals surface area contributed by atoms with Crippen molar-refractivity contribution in [2.75, 3.05) is 68.7 Å². The van der Waals surface area contributed by atoms with Crippen LogP contribution in [0.2, 0.25) is 0 Å². The monoisotopic (exact) mass is 512 g/mol. The average Bonchev–Trinajstić information content (AvgIpc) is 3.80. The van der Waals surface area contributed by atoms with Gasteiger partial charge in [-0.15, -0.1) is 0 Å². The first-order valence-corrected chi connectivity index (χ1v) is 15.8. The summed E-state index contributed by atoms with van der Waals surface area (Å²) in [6.45, 7) is 13.5. The van der Waals surface area contributed by atoms with Crippen molar-refractivity contribution < 1.29 is 0 Å². The van der Waals surface area contributed by atoms with Gasteiger partial charge in [-0.2, -0.15) is 0 Å². The van der Waals surface area contributed by atoms with Crippen molar-refractivity contribution in [3.05, 3.63) is 59.7 Å². The molecule has 8 rings (SSSR count). The molecule has 2 aromatic carbocycles. The van der Waals surface area contributed by atoms with E-state index < -0.39 is 0 Å². The Morgan fingerprint density at radius 3 is 1.66 bits per heavy atom. The molecular weight excluding hydrogens is 464 g/mol. The van der Waals surface area contributed by atoms with Crippen molar-refractivity contribution >= 4 is 11.4 Å². The van der Waals surface area contributed by atoms with Gasteiger partial charge in [0.05, 0.1) is 0 Å². The molecule has 0 amide bonds. The molecule has 4 saturated heterocycles. The lowest BCUT2D eigenvalue weighted by atomic mass is 9.94. The van der Waals surface area contributed by atoms with Gasteiger partial charge in [-0.1, -0.05) is 31.2 Å². The normalized spacial score (nSPS) is 33.8. The van der Waals surface area contributed by atoms with Crippen molar-refractivity contribution in [3.63, 3.8) is 0 Å². The number of benzene rings is 2. The van der Waals surface area contributed by atoms with Crippen LogP contribution in [0.15, 0.2) is 48.5 Å². The average molecular weight is 513 g/mol. The van der Waals surface area contributed by atoms with E-state index in [4.69, 9.17) is 0 Å². The zero-order chi connectivity index (χ0) is 25.6. The predicted octanol–water partition coefficient (Wildman–Crippen LogP) is 5.81. The van der Waals surface area contributed by atoms with Crippen molar-refractivity contribution in [1.82, 2.24) is 10.2 Å². The van der Waals surface area contributed by atoms with Crippen molar-refractivity contribution in [1.29, 1.82) is 0 Å². The molecule has 204 valence electrons. The molecule has 4 aliphatic heterocycles. The van der Waals surface area contributed by atoms with Crippen LogP contribution in [0.3, 0.4) is 0 Å². The molecule has 4 heteroatoms. The van der Waals surface area contributed by atoms with Crippen molar-refractivity contribution in [2.45, 2.75) is 69.1 Å². The number of rotatable bonds is 5. The van der Waals surface area contributed by atoms with Gasteiger partial charge in [-0.3, -0.25) is 0 Å². The van der Waals surface area contributed by atoms with Crippen LogP contribution in [0.4, 0.5) is 11.4 Å². The van der Waals surface area contributed by atoms with Crippen LogP contribution >= 0.6 is 0 Å². The van der Waals surface area contributed by atoms with Crippen LogP contribution in [0, 0.1) is 11.8 Å². The van der Waals surface area contributed by atoms with Crippen LogP contribution in [0.5, 0.6) is 0 Å². The van der Waals surface area contributed by atoms with Gasteiger partial charge in [0.25, 0.3) is 0 Å². The summed E-state index contributed by atoms with van der Waals surface area (Å²) in [4.78, 5) is 7.72. The zero-order valence-corrected chi connectivity index (χ0v) is 23.6. The first-order chi connectivity index (χ1) is 18.7. The van der Waals surface area contributed by atoms with E-state index >= 15 is 0 Å². The van der Waals surface area contributed by atoms with Crippen LogP contribution in [-0.4, -0.2) is 63.8 Å². The van der Waals surface area contributed by atoms with Crippen LogP contribution < -0.4 is 15.1 Å². The summed E-state index contributed by atoms with van der Waals surface area (Å²) >= 11 is 0. The van der Waals surface area contributed by atoms with Gasteiger partial charge in [0.15, 0.2) is 0 Å². The highest BCUT2D eigenvalue weighted by Crippen LogP contribution is 2.59. The fourth-order valence-electron chi connectivity index (χ4n) is 8.38. The maximum absolute atomic E-state index is 3.53. The molecule has 0 radical (unpaired) electrons. The molecule has 0 spiro atoms. The molecule has 0 bridgehead atoms. The smallest absolute Gasteiger partial charge is 0.0366 e. The standard InChI is InChI=1S/C18H26N2.C16H22N2/c1-2-19-13-16-12-18(16,14-19)15-6-8-17(9-7-15)20-10-4-3-5-11-20;1-2-8-18(9-3-1)15-6-4-13(5-7-15)16-10-14(16)11-17-12-16/h6-9,16H,2-5,10-14H2,1H3;4-7,14,17H,1-3,8-12H2. The minimum Gasteiger partial charge on any atom is -0.372 e. The Bertz CT molecular complexity index is 1080. The third-order valence-corrected chi connectivity index (χ3v) is 11.1. The van der Waals surface area contributed by atoms with Gasteiger partial charge in [0.1, 0.15) is 0 Å². The Hall–Kier alpha value is -2.04. The number of piperidine rings is 4. The number of fused-ring (bicyclic) bond motifs is 2. The van der Waals surface area contributed by atoms with E-state index in [1.165, 1.54) is 122 Å². The number of hydrogen-bond acceptors (Lipinski definition) is 4. The number of anilines is 2. The largest absolute Gasteiger partial charge is 0.372 e. The lowest BCUT2D eigenvalue weighted by Crippen LogP contribution is -2.29. The minimum absolute atomic E-state index is 0.514. The molecular formula is C34H48N4. The quantitative estimate of drug-likeness (QED) is 0.546. The summed E-state index contributed by atoms with van der Waals surface area (Å²) < 4.78 is 0. The molecule has 2 aromatic rings. The second kappa shape index (κ2) is 10.2. The van der Waals surface area contributed by atoms with E-state index in [1.54, 1.807) is 11.1 Å². The topological polar surface area (TPSA) is 21.8 Å². The molecule has 4 nitrogen and oxygen atoms in total. The summed E-state index contributed by atoms with van der Waals surface area (Å²) in [6.07, 6.45) is 11.1. The summed E-state index contributed by atoms with van der Waals surface area (Å²) in [5.74, 6) is 1.85. The van der Waals surface area contributed by atoms with Crippen LogP contribution in [-0.2, 0) is 10.8 Å². The van der Waals surface area contributed by atoms with Gasteiger partial charge in [0.2, 0.25) is 0 Å². The maximum Gasteiger partial charge on any atom is 0.0366 e. The molecule has 1 N–H and O–H groups in total. The van der Waals surface area contributed by atoms with Gasteiger partial charge in [0, 0.05) is 68.0 Å². The molecule has 0 aromatic heterocycles. The number of likely N-dealkylation sites (N-methyl/N-ethyl adjacent to an activating group) is 1. The molecule has 4 unspecified atom stereocenters. The van der Waals surface area contributed by atoms with E-state index in [1.807, 2.05) is 0 Å². The molecule has 2 saturated carbocycles. The Kier molecular flexibility index (Phi) is 6.68. The van der Waals surface area contributed by atoms with Crippen LogP contribution in [0.1, 0.15) is 69.4 Å². The van der Waals surface area contributed by atoms with Crippen molar-refractivity contribution in [3.8, 4) is 0 Å². The number of nitrogens with one attached hydrogen (secondary N) is 1. The number of hydrogen-bond donors (Lipinski definition) is 1. The first kappa shape index (κ1) is 25.0. The summed E-state index contributed by atoms with van der Waals surface area (Å²) in [5.41, 5.74) is 7.07. The Balaban J connectivity index is 0.000000128. The second-order valence-electron chi connectivity index (χ2n) is 13.3. The number of nitrogens with zero attached hydrogens (tertiary/aromatic N) is 3. The lowest BCUT2D eigenvalue weighted by molar-refractivity contribution is 0.314. The fourth-order valence-corrected chi connectivity index (χ4v) is 8.38. The molecule has 6 aliphatic rings. The highest BCUT2D eigenvalue weighted by molar-refractivity contribution is 5.52. The Morgan fingerprint density at radius 1 is 0.684 bits per heavy atom. The highest BCUT2D eigenvalue weighted by Gasteiger charge is 2.60. The van der Waals surface area contributed by atoms with E-state index in [0.717, 1.165) is 11.8 Å². The molecule has 6 fully saturated rings. The minimum atomic E-state index is 0.514. The lowest BCUT2D eigenvalue weighted by Gasteiger charge is -2.29. The van der Waals surface area contributed by atoms with E-state index in [2.05, 4.69) is 75.5 Å². The van der Waals surface area contributed by atoms with Gasteiger partial charge in [-0.05, 0) is 112 Å². The third-order valence-electron chi connectivity index (χ3n) is 11.1. The SMILES string of the molecule is CCN1CC2CC2(c2ccc(N3CCCCC3)cc2)C1.c1cc(C23CNCC2C3)ccc1N1CCCCC1. The molecule has 4 heterocycles.